The second-order valence-corrected chi connectivity index (χ2v) is 27.5. The lowest BCUT2D eigenvalue weighted by molar-refractivity contribution is 0.215. The molecule has 83 heavy (non-hydrogen) atoms. The van der Waals surface area contributed by atoms with Gasteiger partial charge in [-0.15, -0.1) is 0 Å². The van der Waals surface area contributed by atoms with E-state index in [1.165, 1.54) is 124 Å². The molecule has 0 spiro atoms. The van der Waals surface area contributed by atoms with Crippen molar-refractivity contribution >= 4 is 68.6 Å². The van der Waals surface area contributed by atoms with Crippen molar-refractivity contribution < 1.29 is 0 Å². The smallest absolute Gasteiger partial charge is 0.252 e. The Morgan fingerprint density at radius 1 is 0.361 bits per heavy atom. The standard InChI is InChI=1S/C79H76BN3/c1-75(2,3)58-38-42-67(62(48-58)54-29-17-12-18-30-54)81-70-44-40-60(77(7,8)9)50-66(70)80-65-41-37-56(53-27-15-11-16-28-53)47-71(65)82(68-43-39-59(76(4,5)6)49-63(68)55-31-19-13-20-32-55)73-52-61(51-72(81)74(73)80)83-69-36-24-23-35-64(69)79(57-33-21-14-22-34-57)46-26-25-45-78(79,83)10/h11-24,27-44,47-52H,25-26,45-46H2,1-10H3. The summed E-state index contributed by atoms with van der Waals surface area (Å²) in [6.07, 6.45) is 4.48. The maximum Gasteiger partial charge on any atom is 0.252 e. The van der Waals surface area contributed by atoms with Gasteiger partial charge in [0.05, 0.1) is 16.9 Å². The molecule has 3 aliphatic heterocycles. The van der Waals surface area contributed by atoms with Crippen LogP contribution in [0.15, 0.2) is 231 Å². The third kappa shape index (κ3) is 8.37. The van der Waals surface area contributed by atoms with Gasteiger partial charge >= 0.3 is 0 Å². The molecule has 0 saturated heterocycles. The van der Waals surface area contributed by atoms with Gasteiger partial charge in [-0.2, -0.15) is 0 Å². The normalized spacial score (nSPS) is 18.0. The minimum Gasteiger partial charge on any atom is -0.334 e. The van der Waals surface area contributed by atoms with E-state index in [9.17, 15) is 0 Å². The first-order valence-corrected chi connectivity index (χ1v) is 30.4. The van der Waals surface area contributed by atoms with Gasteiger partial charge in [0.2, 0.25) is 0 Å². The summed E-state index contributed by atoms with van der Waals surface area (Å²) in [5.74, 6) is 0. The number of rotatable bonds is 7. The number of nitrogens with zero attached hydrogens (tertiary/aromatic N) is 3. The third-order valence-corrected chi connectivity index (χ3v) is 19.4. The lowest BCUT2D eigenvalue weighted by Gasteiger charge is -2.53. The Bertz CT molecular complexity index is 4130. The molecule has 0 radical (unpaired) electrons. The Hall–Kier alpha value is -8.34. The minimum absolute atomic E-state index is 0.0701. The highest BCUT2D eigenvalue weighted by atomic mass is 15.3. The largest absolute Gasteiger partial charge is 0.334 e. The second-order valence-electron chi connectivity index (χ2n) is 27.5. The van der Waals surface area contributed by atoms with E-state index in [-0.39, 0.29) is 33.9 Å². The fraction of sp³-hybridized carbons (Fsp3) is 0.241. The number of fused-ring (bicyclic) bond motifs is 7. The number of benzene rings is 10. The summed E-state index contributed by atoms with van der Waals surface area (Å²) in [6.45, 7) is 23.6. The molecule has 14 rings (SSSR count). The van der Waals surface area contributed by atoms with Crippen molar-refractivity contribution in [1.29, 1.82) is 0 Å². The molecule has 1 fully saturated rings. The number of para-hydroxylation sites is 1. The van der Waals surface area contributed by atoms with E-state index in [0.29, 0.717) is 0 Å². The molecule has 2 atom stereocenters. The zero-order chi connectivity index (χ0) is 57.2. The van der Waals surface area contributed by atoms with E-state index >= 15 is 0 Å². The predicted octanol–water partition coefficient (Wildman–Crippen LogP) is 19.4. The molecular weight excluding hydrogens is 1000 g/mol. The predicted molar refractivity (Wildman–Crippen MR) is 356 cm³/mol. The van der Waals surface area contributed by atoms with Gasteiger partial charge in [0, 0.05) is 50.7 Å². The molecule has 4 heteroatoms. The van der Waals surface area contributed by atoms with Gasteiger partial charge in [-0.3, -0.25) is 0 Å². The monoisotopic (exact) mass is 1080 g/mol. The third-order valence-electron chi connectivity index (χ3n) is 19.4. The van der Waals surface area contributed by atoms with Crippen LogP contribution in [0.4, 0.5) is 45.5 Å². The molecular formula is C79H76BN3. The lowest BCUT2D eigenvalue weighted by atomic mass is 9.33. The zero-order valence-electron chi connectivity index (χ0n) is 50.2. The molecule has 4 aliphatic rings. The molecule has 0 bridgehead atoms. The lowest BCUT2D eigenvalue weighted by Crippen LogP contribution is -2.62. The Kier molecular flexibility index (Phi) is 12.3. The first-order valence-electron chi connectivity index (χ1n) is 30.4. The van der Waals surface area contributed by atoms with E-state index in [0.717, 1.165) is 24.9 Å². The van der Waals surface area contributed by atoms with Gasteiger partial charge in [0.25, 0.3) is 6.71 Å². The van der Waals surface area contributed by atoms with E-state index in [1.807, 2.05) is 0 Å². The minimum atomic E-state index is -0.305. The number of anilines is 8. The van der Waals surface area contributed by atoms with Crippen LogP contribution in [0.5, 0.6) is 0 Å². The summed E-state index contributed by atoms with van der Waals surface area (Å²) >= 11 is 0. The maximum atomic E-state index is 2.83. The molecule has 3 nitrogen and oxygen atoms in total. The second kappa shape index (κ2) is 19.4. The summed E-state index contributed by atoms with van der Waals surface area (Å²) in [7, 11) is 0. The Morgan fingerprint density at radius 2 is 0.831 bits per heavy atom. The highest BCUT2D eigenvalue weighted by Gasteiger charge is 2.61. The molecule has 410 valence electrons. The number of hydrogen-bond acceptors (Lipinski definition) is 3. The van der Waals surface area contributed by atoms with Crippen LogP contribution >= 0.6 is 0 Å². The van der Waals surface area contributed by atoms with E-state index in [2.05, 4.69) is 314 Å². The molecule has 10 aromatic rings. The average molecular weight is 1080 g/mol. The quantitative estimate of drug-likeness (QED) is 0.147. The molecule has 10 aromatic carbocycles. The first-order chi connectivity index (χ1) is 39.9. The number of hydrogen-bond donors (Lipinski definition) is 0. The Labute approximate surface area is 494 Å². The maximum absolute atomic E-state index is 2.83. The van der Waals surface area contributed by atoms with Crippen LogP contribution in [0.25, 0.3) is 33.4 Å². The van der Waals surface area contributed by atoms with Crippen LogP contribution < -0.4 is 31.1 Å². The van der Waals surface area contributed by atoms with Crippen LogP contribution in [0.2, 0.25) is 0 Å². The average Bonchev–Trinajstić information content (AvgIpc) is 2.48. The summed E-state index contributed by atoms with van der Waals surface area (Å²) in [4.78, 5) is 8.21. The topological polar surface area (TPSA) is 9.72 Å². The summed E-state index contributed by atoms with van der Waals surface area (Å²) in [6, 6.07) is 89.0. The van der Waals surface area contributed by atoms with E-state index < -0.39 is 0 Å². The van der Waals surface area contributed by atoms with Crippen LogP contribution in [-0.2, 0) is 21.7 Å². The van der Waals surface area contributed by atoms with Crippen LogP contribution in [0.1, 0.15) is 123 Å². The summed E-state index contributed by atoms with van der Waals surface area (Å²) < 4.78 is 0. The molecule has 0 aromatic heterocycles. The Morgan fingerprint density at radius 3 is 1.39 bits per heavy atom. The van der Waals surface area contributed by atoms with Crippen molar-refractivity contribution in [2.75, 3.05) is 14.7 Å². The van der Waals surface area contributed by atoms with Crippen molar-refractivity contribution in [3.63, 3.8) is 0 Å². The molecule has 1 saturated carbocycles. The van der Waals surface area contributed by atoms with Crippen molar-refractivity contribution in [3.8, 4) is 33.4 Å². The van der Waals surface area contributed by atoms with E-state index in [4.69, 9.17) is 0 Å². The molecule has 3 heterocycles. The van der Waals surface area contributed by atoms with Gasteiger partial charge in [-0.25, -0.2) is 0 Å². The van der Waals surface area contributed by atoms with Crippen LogP contribution in [-0.4, -0.2) is 12.3 Å². The van der Waals surface area contributed by atoms with Crippen molar-refractivity contribution in [2.45, 2.75) is 122 Å². The van der Waals surface area contributed by atoms with Gasteiger partial charge in [0.1, 0.15) is 0 Å². The van der Waals surface area contributed by atoms with E-state index in [1.54, 1.807) is 0 Å². The zero-order valence-corrected chi connectivity index (χ0v) is 50.2. The first kappa shape index (κ1) is 52.7. The Balaban J connectivity index is 1.16. The molecule has 2 unspecified atom stereocenters. The van der Waals surface area contributed by atoms with Crippen molar-refractivity contribution in [3.05, 3.63) is 258 Å². The molecule has 0 N–H and O–H groups in total. The fourth-order valence-electron chi connectivity index (χ4n) is 15.1. The van der Waals surface area contributed by atoms with Crippen LogP contribution in [0.3, 0.4) is 0 Å². The highest BCUT2D eigenvalue weighted by Crippen LogP contribution is 2.64. The van der Waals surface area contributed by atoms with Gasteiger partial charge < -0.3 is 14.7 Å². The van der Waals surface area contributed by atoms with Crippen molar-refractivity contribution in [2.24, 2.45) is 0 Å². The van der Waals surface area contributed by atoms with Gasteiger partial charge in [-0.1, -0.05) is 251 Å². The van der Waals surface area contributed by atoms with Gasteiger partial charge in [0.15, 0.2) is 0 Å². The summed E-state index contributed by atoms with van der Waals surface area (Å²) in [5, 5.41) is 0. The molecule has 1 aliphatic carbocycles. The van der Waals surface area contributed by atoms with Crippen molar-refractivity contribution in [1.82, 2.24) is 0 Å². The SMILES string of the molecule is CC(C)(C)c1ccc2c(c1)B1c3ccc(-c4ccccc4)cc3N(c3ccc(C(C)(C)C)cc3-c3ccccc3)c3cc(N4c5ccccc5C5(c6ccccc6)CCCCC45C)cc(c31)N2c1ccc(C(C)(C)C)cc1-c1ccccc1. The van der Waals surface area contributed by atoms with Gasteiger partial charge in [-0.05, 0) is 157 Å². The molecule has 0 amide bonds. The highest BCUT2D eigenvalue weighted by molar-refractivity contribution is 7.00. The fourth-order valence-corrected chi connectivity index (χ4v) is 15.1. The summed E-state index contributed by atoms with van der Waals surface area (Å²) in [5.41, 5.74) is 26.9. The van der Waals surface area contributed by atoms with Crippen LogP contribution in [0, 0.1) is 0 Å².